The first-order valence-electron chi connectivity index (χ1n) is 6.44. The molecule has 1 saturated heterocycles. The van der Waals surface area contributed by atoms with Gasteiger partial charge in [-0.2, -0.15) is 4.98 Å². The van der Waals surface area contributed by atoms with Gasteiger partial charge in [0.1, 0.15) is 0 Å². The van der Waals surface area contributed by atoms with Crippen LogP contribution < -0.4 is 5.73 Å². The normalized spacial score (nSPS) is 23.8. The van der Waals surface area contributed by atoms with E-state index in [4.69, 9.17) is 15.0 Å². The van der Waals surface area contributed by atoms with Crippen molar-refractivity contribution in [3.63, 3.8) is 0 Å². The second-order valence-corrected chi connectivity index (χ2v) is 5.17. The average molecular weight is 255 g/mol. The molecule has 2 heterocycles. The van der Waals surface area contributed by atoms with Crippen molar-refractivity contribution in [1.82, 2.24) is 10.1 Å². The first-order valence-corrected chi connectivity index (χ1v) is 6.44. The first-order chi connectivity index (χ1) is 8.59. The van der Waals surface area contributed by atoms with Gasteiger partial charge in [0, 0.05) is 19.6 Å². The van der Waals surface area contributed by atoms with Crippen LogP contribution in [0.5, 0.6) is 0 Å². The first kappa shape index (κ1) is 13.5. The molecule has 2 rings (SSSR count). The largest absolute Gasteiger partial charge is 0.388 e. The van der Waals surface area contributed by atoms with Crippen LogP contribution in [0.25, 0.3) is 0 Å². The fourth-order valence-corrected chi connectivity index (χ4v) is 2.01. The molecule has 1 aliphatic rings. The SMILES string of the molecule is CC(O)(CN)Cc1nc(CC2CCCCO2)no1. The summed E-state index contributed by atoms with van der Waals surface area (Å²) in [7, 11) is 0. The Balaban J connectivity index is 1.89. The molecule has 0 radical (unpaired) electrons. The molecule has 3 N–H and O–H groups in total. The third kappa shape index (κ3) is 3.76. The molecule has 2 unspecified atom stereocenters. The molecule has 0 amide bonds. The molecule has 1 aromatic heterocycles. The van der Waals surface area contributed by atoms with Crippen molar-refractivity contribution >= 4 is 0 Å². The lowest BCUT2D eigenvalue weighted by atomic mass is 10.0. The van der Waals surface area contributed by atoms with E-state index in [0.29, 0.717) is 18.1 Å². The fraction of sp³-hybridized carbons (Fsp3) is 0.833. The van der Waals surface area contributed by atoms with Crippen molar-refractivity contribution < 1.29 is 14.4 Å². The van der Waals surface area contributed by atoms with Gasteiger partial charge in [-0.25, -0.2) is 0 Å². The minimum atomic E-state index is -0.995. The summed E-state index contributed by atoms with van der Waals surface area (Å²) in [6.45, 7) is 2.63. The Kier molecular flexibility index (Phi) is 4.31. The van der Waals surface area contributed by atoms with Gasteiger partial charge in [0.2, 0.25) is 5.89 Å². The number of aliphatic hydroxyl groups is 1. The zero-order valence-corrected chi connectivity index (χ0v) is 10.8. The molecule has 2 atom stereocenters. The van der Waals surface area contributed by atoms with Crippen LogP contribution in [0, 0.1) is 0 Å². The highest BCUT2D eigenvalue weighted by molar-refractivity contribution is 4.94. The van der Waals surface area contributed by atoms with Gasteiger partial charge in [-0.05, 0) is 26.2 Å². The van der Waals surface area contributed by atoms with E-state index in [1.807, 2.05) is 0 Å². The van der Waals surface area contributed by atoms with Gasteiger partial charge in [0.25, 0.3) is 0 Å². The molecule has 1 aromatic rings. The summed E-state index contributed by atoms with van der Waals surface area (Å²) in [6, 6.07) is 0. The monoisotopic (exact) mass is 255 g/mol. The lowest BCUT2D eigenvalue weighted by Gasteiger charge is -2.20. The van der Waals surface area contributed by atoms with E-state index in [2.05, 4.69) is 10.1 Å². The van der Waals surface area contributed by atoms with Gasteiger partial charge in [-0.15, -0.1) is 0 Å². The predicted octanol–water partition coefficient (Wildman–Crippen LogP) is 0.433. The van der Waals surface area contributed by atoms with Gasteiger partial charge >= 0.3 is 0 Å². The van der Waals surface area contributed by atoms with Crippen LogP contribution in [0.1, 0.15) is 37.9 Å². The molecule has 6 nitrogen and oxygen atoms in total. The number of hydrogen-bond acceptors (Lipinski definition) is 6. The topological polar surface area (TPSA) is 94.4 Å². The summed E-state index contributed by atoms with van der Waals surface area (Å²) >= 11 is 0. The molecule has 18 heavy (non-hydrogen) atoms. The summed E-state index contributed by atoms with van der Waals surface area (Å²) < 4.78 is 10.7. The van der Waals surface area contributed by atoms with Crippen LogP contribution in [0.15, 0.2) is 4.52 Å². The maximum Gasteiger partial charge on any atom is 0.229 e. The number of hydrogen-bond donors (Lipinski definition) is 2. The standard InChI is InChI=1S/C12H21N3O3/c1-12(16,8-13)7-11-14-10(15-18-11)6-9-4-2-3-5-17-9/h9,16H,2-8,13H2,1H3. The molecule has 0 aliphatic carbocycles. The number of nitrogens with two attached hydrogens (primary N) is 1. The van der Waals surface area contributed by atoms with Crippen LogP contribution in [0.4, 0.5) is 0 Å². The number of ether oxygens (including phenoxy) is 1. The van der Waals surface area contributed by atoms with Crippen molar-refractivity contribution in [1.29, 1.82) is 0 Å². The molecule has 6 heteroatoms. The number of aromatic nitrogens is 2. The van der Waals surface area contributed by atoms with E-state index in [1.165, 1.54) is 6.42 Å². The summed E-state index contributed by atoms with van der Waals surface area (Å²) in [5.41, 5.74) is 4.46. The Labute approximate surface area is 107 Å². The van der Waals surface area contributed by atoms with E-state index < -0.39 is 5.60 Å². The van der Waals surface area contributed by atoms with Crippen molar-refractivity contribution in [2.24, 2.45) is 5.73 Å². The van der Waals surface area contributed by atoms with E-state index in [9.17, 15) is 5.11 Å². The second kappa shape index (κ2) is 5.77. The van der Waals surface area contributed by atoms with E-state index in [-0.39, 0.29) is 19.1 Å². The fourth-order valence-electron chi connectivity index (χ4n) is 2.01. The van der Waals surface area contributed by atoms with E-state index in [0.717, 1.165) is 19.4 Å². The summed E-state index contributed by atoms with van der Waals surface area (Å²) in [4.78, 5) is 4.26. The van der Waals surface area contributed by atoms with Crippen molar-refractivity contribution in [3.05, 3.63) is 11.7 Å². The van der Waals surface area contributed by atoms with Crippen LogP contribution in [0.2, 0.25) is 0 Å². The lowest BCUT2D eigenvalue weighted by Crippen LogP contribution is -2.36. The van der Waals surface area contributed by atoms with Gasteiger partial charge in [0.05, 0.1) is 18.1 Å². The van der Waals surface area contributed by atoms with Crippen molar-refractivity contribution in [2.45, 2.75) is 50.7 Å². The predicted molar refractivity (Wildman–Crippen MR) is 65.0 cm³/mol. The average Bonchev–Trinajstić information content (AvgIpc) is 2.77. The second-order valence-electron chi connectivity index (χ2n) is 5.17. The molecule has 0 aromatic carbocycles. The third-order valence-corrected chi connectivity index (χ3v) is 3.17. The molecule has 0 saturated carbocycles. The summed E-state index contributed by atoms with van der Waals surface area (Å²) in [6.07, 6.45) is 4.52. The van der Waals surface area contributed by atoms with Crippen LogP contribution in [0.3, 0.4) is 0 Å². The minimum Gasteiger partial charge on any atom is -0.388 e. The van der Waals surface area contributed by atoms with Crippen LogP contribution in [-0.4, -0.2) is 40.1 Å². The molecule has 1 fully saturated rings. The number of nitrogens with zero attached hydrogens (tertiary/aromatic N) is 2. The van der Waals surface area contributed by atoms with Gasteiger partial charge in [0.15, 0.2) is 5.82 Å². The molecule has 102 valence electrons. The highest BCUT2D eigenvalue weighted by Crippen LogP contribution is 2.17. The maximum absolute atomic E-state index is 9.83. The Morgan fingerprint density at radius 3 is 3.00 bits per heavy atom. The summed E-state index contributed by atoms with van der Waals surface area (Å²) in [5.74, 6) is 1.07. The Hall–Kier alpha value is -0.980. The van der Waals surface area contributed by atoms with E-state index in [1.54, 1.807) is 6.92 Å². The van der Waals surface area contributed by atoms with E-state index >= 15 is 0 Å². The smallest absolute Gasteiger partial charge is 0.229 e. The molecule has 0 spiro atoms. The maximum atomic E-state index is 9.83. The lowest BCUT2D eigenvalue weighted by molar-refractivity contribution is 0.0153. The van der Waals surface area contributed by atoms with Crippen molar-refractivity contribution in [3.8, 4) is 0 Å². The van der Waals surface area contributed by atoms with Crippen LogP contribution >= 0.6 is 0 Å². The third-order valence-electron chi connectivity index (χ3n) is 3.17. The summed E-state index contributed by atoms with van der Waals surface area (Å²) in [5, 5.41) is 13.7. The molecular weight excluding hydrogens is 234 g/mol. The minimum absolute atomic E-state index is 0.163. The number of rotatable bonds is 5. The molecule has 0 bridgehead atoms. The Bertz CT molecular complexity index is 372. The zero-order chi connectivity index (χ0) is 13.0. The quantitative estimate of drug-likeness (QED) is 0.792. The Morgan fingerprint density at radius 2 is 2.33 bits per heavy atom. The highest BCUT2D eigenvalue weighted by atomic mass is 16.5. The van der Waals surface area contributed by atoms with Gasteiger partial charge in [-0.3, -0.25) is 0 Å². The molecule has 1 aliphatic heterocycles. The van der Waals surface area contributed by atoms with Gasteiger partial charge < -0.3 is 20.1 Å². The van der Waals surface area contributed by atoms with Crippen LogP contribution in [-0.2, 0) is 17.6 Å². The highest BCUT2D eigenvalue weighted by Gasteiger charge is 2.23. The molecular formula is C12H21N3O3. The zero-order valence-electron chi connectivity index (χ0n) is 10.8. The van der Waals surface area contributed by atoms with Gasteiger partial charge in [-0.1, -0.05) is 5.16 Å². The Morgan fingerprint density at radius 1 is 1.50 bits per heavy atom. The van der Waals surface area contributed by atoms with Crippen molar-refractivity contribution in [2.75, 3.05) is 13.2 Å².